The second-order valence-electron chi connectivity index (χ2n) is 9.75. The molecule has 1 aliphatic heterocycles. The highest BCUT2D eigenvalue weighted by Crippen LogP contribution is 2.12. The maximum absolute atomic E-state index is 13.3. The van der Waals surface area contributed by atoms with Gasteiger partial charge in [-0.2, -0.15) is 0 Å². The molecule has 0 unspecified atom stereocenters. The van der Waals surface area contributed by atoms with Crippen molar-refractivity contribution in [1.29, 1.82) is 0 Å². The van der Waals surface area contributed by atoms with Crippen LogP contribution in [-0.4, -0.2) is 71.9 Å². The van der Waals surface area contributed by atoms with Gasteiger partial charge < -0.3 is 15.1 Å². The second kappa shape index (κ2) is 15.7. The van der Waals surface area contributed by atoms with E-state index >= 15 is 0 Å². The smallest absolute Gasteiger partial charge is 0.317 e. The second-order valence-corrected chi connectivity index (χ2v) is 9.75. The van der Waals surface area contributed by atoms with Crippen molar-refractivity contribution >= 4 is 11.9 Å². The van der Waals surface area contributed by atoms with Crippen LogP contribution in [0.25, 0.3) is 0 Å². The summed E-state index contributed by atoms with van der Waals surface area (Å²) in [6, 6.07) is 6.24. The molecule has 1 N–H and O–H groups in total. The zero-order valence-electron chi connectivity index (χ0n) is 21.5. The van der Waals surface area contributed by atoms with Gasteiger partial charge in [0, 0.05) is 58.3 Å². The number of nitrogens with one attached hydrogen (secondary N) is 1. The van der Waals surface area contributed by atoms with Crippen molar-refractivity contribution in [3.05, 3.63) is 35.6 Å². The van der Waals surface area contributed by atoms with E-state index in [1.54, 1.807) is 17.0 Å². The third-order valence-electron chi connectivity index (χ3n) is 6.39. The Morgan fingerprint density at radius 3 is 2.21 bits per heavy atom. The number of rotatable bonds is 14. The molecule has 1 heterocycles. The van der Waals surface area contributed by atoms with Gasteiger partial charge in [0.15, 0.2) is 0 Å². The summed E-state index contributed by atoms with van der Waals surface area (Å²) in [5, 5.41) is 2.96. The number of carbonyl (C=O) groups excluding carboxylic acids is 2. The Bertz CT molecular complexity index is 718. The van der Waals surface area contributed by atoms with E-state index in [0.29, 0.717) is 19.5 Å². The minimum absolute atomic E-state index is 0.0501. The van der Waals surface area contributed by atoms with Gasteiger partial charge in [-0.25, -0.2) is 9.18 Å². The van der Waals surface area contributed by atoms with E-state index in [1.807, 2.05) is 18.7 Å². The summed E-state index contributed by atoms with van der Waals surface area (Å²) in [6.45, 7) is 11.1. The Balaban J connectivity index is 1.72. The van der Waals surface area contributed by atoms with Crippen LogP contribution in [0, 0.1) is 5.82 Å². The fraction of sp³-hybridized carbons (Fsp3) is 0.704. The lowest BCUT2D eigenvalue weighted by Gasteiger charge is -2.36. The maximum atomic E-state index is 13.3. The van der Waals surface area contributed by atoms with Gasteiger partial charge in [0.25, 0.3) is 0 Å². The lowest BCUT2D eigenvalue weighted by atomic mass is 10.1. The molecule has 2 rings (SSSR count). The molecule has 192 valence electrons. The van der Waals surface area contributed by atoms with Gasteiger partial charge in [-0.05, 0) is 38.0 Å². The average molecular weight is 477 g/mol. The third kappa shape index (κ3) is 10.9. The van der Waals surface area contributed by atoms with Gasteiger partial charge in [0.05, 0.1) is 0 Å². The lowest BCUT2D eigenvalue weighted by molar-refractivity contribution is -0.133. The number of amides is 3. The zero-order chi connectivity index (χ0) is 24.8. The van der Waals surface area contributed by atoms with E-state index in [0.717, 1.165) is 51.1 Å². The molecular formula is C27H45FN4O2. The maximum Gasteiger partial charge on any atom is 0.317 e. The molecule has 0 aromatic heterocycles. The zero-order valence-corrected chi connectivity index (χ0v) is 21.5. The van der Waals surface area contributed by atoms with Crippen LogP contribution in [0.5, 0.6) is 0 Å². The summed E-state index contributed by atoms with van der Waals surface area (Å²) in [6.07, 6.45) is 9.22. The van der Waals surface area contributed by atoms with E-state index in [1.165, 1.54) is 44.2 Å². The van der Waals surface area contributed by atoms with Crippen molar-refractivity contribution in [1.82, 2.24) is 20.0 Å². The number of piperazine rings is 1. The van der Waals surface area contributed by atoms with E-state index in [4.69, 9.17) is 0 Å². The normalized spacial score (nSPS) is 14.4. The molecule has 0 atom stereocenters. The monoisotopic (exact) mass is 476 g/mol. The van der Waals surface area contributed by atoms with Crippen molar-refractivity contribution in [3.63, 3.8) is 0 Å². The highest BCUT2D eigenvalue weighted by molar-refractivity contribution is 5.76. The number of unbranched alkanes of at least 4 members (excludes halogenated alkanes) is 6. The van der Waals surface area contributed by atoms with Gasteiger partial charge in [-0.1, -0.05) is 57.6 Å². The number of hydrogen-bond donors (Lipinski definition) is 1. The summed E-state index contributed by atoms with van der Waals surface area (Å²) < 4.78 is 13.3. The number of hydrogen-bond acceptors (Lipinski definition) is 3. The van der Waals surface area contributed by atoms with Gasteiger partial charge >= 0.3 is 6.03 Å². The minimum atomic E-state index is -0.277. The van der Waals surface area contributed by atoms with Gasteiger partial charge in [0.2, 0.25) is 5.91 Å². The predicted molar refractivity (Wildman–Crippen MR) is 136 cm³/mol. The Kier molecular flexibility index (Phi) is 13.0. The SMILES string of the molecule is CCCCCCCCCC(=O)N1CCN(CCN(Cc2ccc(F)cc2)C(=O)NC(C)C)CC1. The van der Waals surface area contributed by atoms with Crippen molar-refractivity contribution < 1.29 is 14.0 Å². The van der Waals surface area contributed by atoms with Crippen LogP contribution in [0.3, 0.4) is 0 Å². The molecule has 7 heteroatoms. The third-order valence-corrected chi connectivity index (χ3v) is 6.39. The van der Waals surface area contributed by atoms with Crippen LogP contribution in [-0.2, 0) is 11.3 Å². The summed E-state index contributed by atoms with van der Waals surface area (Å²) >= 11 is 0. The number of carbonyl (C=O) groups is 2. The molecule has 1 aromatic rings. The molecule has 1 fully saturated rings. The largest absolute Gasteiger partial charge is 0.340 e. The molecule has 0 spiro atoms. The quantitative estimate of drug-likeness (QED) is 0.383. The van der Waals surface area contributed by atoms with E-state index in [9.17, 15) is 14.0 Å². The fourth-order valence-electron chi connectivity index (χ4n) is 4.28. The van der Waals surface area contributed by atoms with Crippen molar-refractivity contribution in [3.8, 4) is 0 Å². The number of halogens is 1. The Hall–Kier alpha value is -2.15. The van der Waals surface area contributed by atoms with Gasteiger partial charge in [-0.3, -0.25) is 9.69 Å². The van der Waals surface area contributed by atoms with Crippen LogP contribution in [0.4, 0.5) is 9.18 Å². The first kappa shape index (κ1) is 28.1. The summed E-state index contributed by atoms with van der Waals surface area (Å²) in [7, 11) is 0. The summed E-state index contributed by atoms with van der Waals surface area (Å²) in [4.78, 5) is 31.3. The Labute approximate surface area is 205 Å². The van der Waals surface area contributed by atoms with E-state index in [-0.39, 0.29) is 23.8 Å². The molecule has 6 nitrogen and oxygen atoms in total. The number of benzene rings is 1. The molecule has 1 saturated heterocycles. The fourth-order valence-corrected chi connectivity index (χ4v) is 4.28. The van der Waals surface area contributed by atoms with Crippen LogP contribution >= 0.6 is 0 Å². The minimum Gasteiger partial charge on any atom is -0.340 e. The summed E-state index contributed by atoms with van der Waals surface area (Å²) in [5.41, 5.74) is 0.904. The highest BCUT2D eigenvalue weighted by Gasteiger charge is 2.22. The van der Waals surface area contributed by atoms with Crippen LogP contribution in [0.1, 0.15) is 77.7 Å². The van der Waals surface area contributed by atoms with E-state index < -0.39 is 0 Å². The Morgan fingerprint density at radius 1 is 0.971 bits per heavy atom. The topological polar surface area (TPSA) is 55.9 Å². The molecule has 34 heavy (non-hydrogen) atoms. The van der Waals surface area contributed by atoms with Crippen LogP contribution < -0.4 is 5.32 Å². The van der Waals surface area contributed by atoms with E-state index in [2.05, 4.69) is 17.1 Å². The molecule has 0 bridgehead atoms. The standard InChI is InChI=1S/C27H45FN4O2/c1-4-5-6-7-8-9-10-11-26(33)31-19-16-30(17-20-31)18-21-32(27(34)29-23(2)3)22-24-12-14-25(28)15-13-24/h12-15,23H,4-11,16-22H2,1-3H3,(H,29,34). The first-order valence-corrected chi connectivity index (χ1v) is 13.2. The van der Waals surface area contributed by atoms with Gasteiger partial charge in [0.1, 0.15) is 5.82 Å². The van der Waals surface area contributed by atoms with Crippen LogP contribution in [0.15, 0.2) is 24.3 Å². The molecule has 0 aliphatic carbocycles. The van der Waals surface area contributed by atoms with Crippen molar-refractivity contribution in [2.24, 2.45) is 0 Å². The van der Waals surface area contributed by atoms with Crippen molar-refractivity contribution in [2.45, 2.75) is 84.7 Å². The lowest BCUT2D eigenvalue weighted by Crippen LogP contribution is -2.51. The Morgan fingerprint density at radius 2 is 1.59 bits per heavy atom. The molecule has 1 aliphatic rings. The highest BCUT2D eigenvalue weighted by atomic mass is 19.1. The first-order chi connectivity index (χ1) is 16.4. The number of urea groups is 1. The van der Waals surface area contributed by atoms with Crippen molar-refractivity contribution in [2.75, 3.05) is 39.3 Å². The average Bonchev–Trinajstić information content (AvgIpc) is 2.82. The molecular weight excluding hydrogens is 431 g/mol. The van der Waals surface area contributed by atoms with Gasteiger partial charge in [-0.15, -0.1) is 0 Å². The molecule has 3 amide bonds. The van der Waals surface area contributed by atoms with Crippen LogP contribution in [0.2, 0.25) is 0 Å². The number of nitrogens with zero attached hydrogens (tertiary/aromatic N) is 3. The predicted octanol–water partition coefficient (Wildman–Crippen LogP) is 5.03. The molecule has 0 radical (unpaired) electrons. The molecule has 0 saturated carbocycles. The first-order valence-electron chi connectivity index (χ1n) is 13.2. The summed E-state index contributed by atoms with van der Waals surface area (Å²) in [5.74, 6) is 0.00350. The molecule has 1 aromatic carbocycles.